The van der Waals surface area contributed by atoms with Crippen molar-refractivity contribution >= 4 is 7.82 Å². The van der Waals surface area contributed by atoms with E-state index in [1.54, 1.807) is 6.92 Å². The summed E-state index contributed by atoms with van der Waals surface area (Å²) in [5.41, 5.74) is 0. The molecule has 116 valence electrons. The van der Waals surface area contributed by atoms with E-state index in [0.29, 0.717) is 26.2 Å². The van der Waals surface area contributed by atoms with Crippen LogP contribution in [-0.2, 0) is 13.6 Å². The second-order valence-corrected chi connectivity index (χ2v) is 5.58. The fourth-order valence-corrected chi connectivity index (χ4v) is 2.57. The summed E-state index contributed by atoms with van der Waals surface area (Å²) in [6, 6.07) is 0. The van der Waals surface area contributed by atoms with Crippen LogP contribution in [0.1, 0.15) is 6.92 Å². The summed E-state index contributed by atoms with van der Waals surface area (Å²) < 4.78 is 20.9. The highest BCUT2D eigenvalue weighted by atomic mass is 31.2. The summed E-state index contributed by atoms with van der Waals surface area (Å²) >= 11 is 0. The molecule has 0 fully saturated rings. The van der Waals surface area contributed by atoms with Crippen LogP contribution in [0.25, 0.3) is 0 Å². The van der Waals surface area contributed by atoms with E-state index in [-0.39, 0.29) is 37.5 Å². The highest BCUT2D eigenvalue weighted by molar-refractivity contribution is 7.47. The maximum atomic E-state index is 11.3. The van der Waals surface area contributed by atoms with Gasteiger partial charge in [0.25, 0.3) is 0 Å². The summed E-state index contributed by atoms with van der Waals surface area (Å²) in [6.07, 6.45) is 0. The summed E-state index contributed by atoms with van der Waals surface area (Å²) in [5, 5.41) is 27.2. The monoisotopic (exact) mass is 302 g/mol. The molecule has 0 radical (unpaired) electrons. The van der Waals surface area contributed by atoms with Crippen molar-refractivity contribution in [3.8, 4) is 0 Å². The van der Waals surface area contributed by atoms with Gasteiger partial charge in [-0.25, -0.2) is 4.57 Å². The van der Waals surface area contributed by atoms with Crippen LogP contribution in [-0.4, -0.2) is 83.9 Å². The van der Waals surface area contributed by atoms with Gasteiger partial charge in [-0.3, -0.25) is 9.05 Å². The molecule has 0 aliphatic rings. The van der Waals surface area contributed by atoms with Crippen LogP contribution >= 0.6 is 7.82 Å². The van der Waals surface area contributed by atoms with Gasteiger partial charge >= 0.3 is 7.82 Å². The van der Waals surface area contributed by atoms with E-state index >= 15 is 0 Å². The number of phosphoric ester groups is 1. The standard InChI is InChI=1S/C10H24NO7P/c1-2-17-19(15,16)18-10-6-11(3-7-12,4-8-13)5-9-14/h12-14H,2-10H2,1H3/p+1. The topological polar surface area (TPSA) is 116 Å². The van der Waals surface area contributed by atoms with E-state index in [1.165, 1.54) is 0 Å². The molecule has 0 saturated heterocycles. The van der Waals surface area contributed by atoms with Crippen LogP contribution in [0.4, 0.5) is 0 Å². The Balaban J connectivity index is 4.43. The third-order valence-electron chi connectivity index (χ3n) is 2.84. The minimum absolute atomic E-state index is 0.0617. The quantitative estimate of drug-likeness (QED) is 0.268. The second-order valence-electron chi connectivity index (χ2n) is 4.13. The summed E-state index contributed by atoms with van der Waals surface area (Å²) in [6.45, 7) is 2.53. The minimum atomic E-state index is -4.03. The molecule has 0 aromatic carbocycles. The van der Waals surface area contributed by atoms with Crippen LogP contribution < -0.4 is 0 Å². The molecule has 0 heterocycles. The molecule has 0 aliphatic heterocycles. The molecule has 19 heavy (non-hydrogen) atoms. The molecular weight excluding hydrogens is 277 g/mol. The number of quaternary nitrogens is 1. The lowest BCUT2D eigenvalue weighted by Gasteiger charge is -2.37. The van der Waals surface area contributed by atoms with E-state index in [1.807, 2.05) is 0 Å². The maximum absolute atomic E-state index is 11.3. The first-order chi connectivity index (χ1) is 8.95. The number of hydrogen-bond donors (Lipinski definition) is 4. The van der Waals surface area contributed by atoms with Gasteiger partial charge in [0, 0.05) is 0 Å². The van der Waals surface area contributed by atoms with Crippen molar-refractivity contribution in [2.24, 2.45) is 0 Å². The molecule has 0 aromatic heterocycles. The molecule has 9 heteroatoms. The zero-order chi connectivity index (χ0) is 14.8. The van der Waals surface area contributed by atoms with Gasteiger partial charge in [0.05, 0.1) is 26.4 Å². The van der Waals surface area contributed by atoms with Gasteiger partial charge in [0.2, 0.25) is 0 Å². The number of aliphatic hydroxyl groups excluding tert-OH is 3. The average Bonchev–Trinajstić information content (AvgIpc) is 2.29. The Morgan fingerprint density at radius 2 is 1.42 bits per heavy atom. The van der Waals surface area contributed by atoms with Crippen LogP contribution in [0.5, 0.6) is 0 Å². The number of hydrogen-bond acceptors (Lipinski definition) is 6. The molecule has 0 bridgehead atoms. The first-order valence-corrected chi connectivity index (χ1v) is 7.74. The zero-order valence-electron chi connectivity index (χ0n) is 11.3. The normalized spacial score (nSPS) is 15.4. The molecule has 4 N–H and O–H groups in total. The van der Waals surface area contributed by atoms with Crippen molar-refractivity contribution in [1.29, 1.82) is 0 Å². The molecular formula is C10H25NO7P+. The van der Waals surface area contributed by atoms with E-state index in [2.05, 4.69) is 4.52 Å². The van der Waals surface area contributed by atoms with Gasteiger partial charge in [0.1, 0.15) is 32.8 Å². The first-order valence-electron chi connectivity index (χ1n) is 6.25. The third kappa shape index (κ3) is 7.96. The Hall–Kier alpha value is -0.0500. The third-order valence-corrected chi connectivity index (χ3v) is 3.93. The fourth-order valence-electron chi connectivity index (χ4n) is 1.86. The zero-order valence-corrected chi connectivity index (χ0v) is 12.2. The lowest BCUT2D eigenvalue weighted by molar-refractivity contribution is -0.929. The van der Waals surface area contributed by atoms with Gasteiger partial charge in [-0.2, -0.15) is 0 Å². The van der Waals surface area contributed by atoms with E-state index in [4.69, 9.17) is 19.8 Å². The van der Waals surface area contributed by atoms with Gasteiger partial charge < -0.3 is 24.7 Å². The van der Waals surface area contributed by atoms with Gasteiger partial charge in [-0.05, 0) is 6.92 Å². The van der Waals surface area contributed by atoms with Crippen molar-refractivity contribution in [3.63, 3.8) is 0 Å². The van der Waals surface area contributed by atoms with Crippen molar-refractivity contribution in [3.05, 3.63) is 0 Å². The predicted molar refractivity (Wildman–Crippen MR) is 68.4 cm³/mol. The Bertz CT molecular complexity index is 260. The molecule has 0 aromatic rings. The summed E-state index contributed by atoms with van der Waals surface area (Å²) in [4.78, 5) is 9.26. The second kappa shape index (κ2) is 9.79. The van der Waals surface area contributed by atoms with Crippen molar-refractivity contribution in [2.45, 2.75) is 6.92 Å². The number of rotatable bonds is 12. The van der Waals surface area contributed by atoms with Crippen LogP contribution in [0, 0.1) is 0 Å². The van der Waals surface area contributed by atoms with Gasteiger partial charge in [-0.15, -0.1) is 0 Å². The van der Waals surface area contributed by atoms with Crippen molar-refractivity contribution in [2.75, 3.05) is 59.2 Å². The van der Waals surface area contributed by atoms with Crippen LogP contribution in [0.3, 0.4) is 0 Å². The Morgan fingerprint density at radius 3 is 1.79 bits per heavy atom. The van der Waals surface area contributed by atoms with E-state index in [9.17, 15) is 9.46 Å². The Kier molecular flexibility index (Phi) is 9.77. The highest BCUT2D eigenvalue weighted by Gasteiger charge is 2.28. The summed E-state index contributed by atoms with van der Waals surface area (Å²) in [7, 11) is -4.03. The molecule has 0 aliphatic carbocycles. The van der Waals surface area contributed by atoms with Crippen LogP contribution in [0.15, 0.2) is 0 Å². The smallest absolute Gasteiger partial charge is 0.391 e. The average molecular weight is 302 g/mol. The van der Waals surface area contributed by atoms with Gasteiger partial charge in [-0.1, -0.05) is 0 Å². The van der Waals surface area contributed by atoms with Crippen LogP contribution in [0.2, 0.25) is 0 Å². The minimum Gasteiger partial charge on any atom is -0.391 e. The van der Waals surface area contributed by atoms with E-state index < -0.39 is 7.82 Å². The molecule has 0 saturated carbocycles. The fraction of sp³-hybridized carbons (Fsp3) is 1.00. The number of nitrogens with zero attached hydrogens (tertiary/aromatic N) is 1. The Morgan fingerprint density at radius 1 is 0.947 bits per heavy atom. The van der Waals surface area contributed by atoms with Crippen molar-refractivity contribution < 1.29 is 38.3 Å². The molecule has 0 rings (SSSR count). The SMILES string of the molecule is CCOP(=O)(O)OCC[N+](CCO)(CCO)CCO. The van der Waals surface area contributed by atoms with Gasteiger partial charge in [0.15, 0.2) is 0 Å². The molecule has 8 nitrogen and oxygen atoms in total. The lowest BCUT2D eigenvalue weighted by Crippen LogP contribution is -2.54. The van der Waals surface area contributed by atoms with E-state index in [0.717, 1.165) is 0 Å². The lowest BCUT2D eigenvalue weighted by atomic mass is 10.3. The summed E-state index contributed by atoms with van der Waals surface area (Å²) in [5.74, 6) is 0. The number of aliphatic hydroxyl groups is 3. The maximum Gasteiger partial charge on any atom is 0.472 e. The molecule has 0 amide bonds. The molecule has 0 spiro atoms. The molecule has 1 atom stereocenters. The first kappa shape index (κ1) is 18.9. The number of phosphoric acid groups is 1. The van der Waals surface area contributed by atoms with Crippen molar-refractivity contribution in [1.82, 2.24) is 0 Å². The highest BCUT2D eigenvalue weighted by Crippen LogP contribution is 2.42. The predicted octanol–water partition coefficient (Wildman–Crippen LogP) is -1.07. The molecule has 1 unspecified atom stereocenters. The largest absolute Gasteiger partial charge is 0.472 e. The Labute approximate surface area is 113 Å².